The predicted molar refractivity (Wildman–Crippen MR) is 89.5 cm³/mol. The monoisotopic (exact) mass is 326 g/mol. The van der Waals surface area contributed by atoms with Crippen molar-refractivity contribution in [1.82, 2.24) is 4.90 Å². The van der Waals surface area contributed by atoms with Gasteiger partial charge in [0, 0.05) is 18.0 Å². The largest absolute Gasteiger partial charge is 0.333 e. The third kappa shape index (κ3) is 3.87. The van der Waals surface area contributed by atoms with Crippen molar-refractivity contribution in [2.24, 2.45) is 11.1 Å². The molecule has 0 unspecified atom stereocenters. The van der Waals surface area contributed by atoms with E-state index in [0.717, 1.165) is 34.9 Å². The van der Waals surface area contributed by atoms with E-state index in [1.54, 1.807) is 6.08 Å². The van der Waals surface area contributed by atoms with E-state index in [9.17, 15) is 4.79 Å². The first-order valence-corrected chi connectivity index (χ1v) is 8.65. The minimum absolute atomic E-state index is 0.175. The summed E-state index contributed by atoms with van der Waals surface area (Å²) in [6.07, 6.45) is 6.98. The molecular weight excluding hydrogens is 304 g/mol. The van der Waals surface area contributed by atoms with Gasteiger partial charge in [0.2, 0.25) is 5.91 Å². The van der Waals surface area contributed by atoms with Gasteiger partial charge in [-0.2, -0.15) is 0 Å². The van der Waals surface area contributed by atoms with Crippen LogP contribution in [0.2, 0.25) is 4.34 Å². The Morgan fingerprint density at radius 1 is 1.43 bits per heavy atom. The first-order valence-electron chi connectivity index (χ1n) is 7.46. The zero-order valence-corrected chi connectivity index (χ0v) is 13.9. The molecule has 1 amide bonds. The lowest BCUT2D eigenvalue weighted by molar-refractivity contribution is -0.143. The minimum Gasteiger partial charge on any atom is -0.333 e. The van der Waals surface area contributed by atoms with Gasteiger partial charge in [-0.25, -0.2) is 0 Å². The number of nitrogens with zero attached hydrogens (tertiary/aromatic N) is 1. The average Bonchev–Trinajstić information content (AvgIpc) is 2.92. The molecule has 1 aromatic heterocycles. The Labute approximate surface area is 135 Å². The number of rotatable bonds is 6. The van der Waals surface area contributed by atoms with Crippen LogP contribution in [0.25, 0.3) is 0 Å². The fraction of sp³-hybridized carbons (Fsp3) is 0.562. The molecule has 2 N–H and O–H groups in total. The van der Waals surface area contributed by atoms with Crippen LogP contribution in [0.15, 0.2) is 24.8 Å². The Hall–Kier alpha value is -0.840. The van der Waals surface area contributed by atoms with Crippen LogP contribution in [0.4, 0.5) is 0 Å². The highest BCUT2D eigenvalue weighted by Gasteiger charge is 2.40. The molecule has 116 valence electrons. The highest BCUT2D eigenvalue weighted by atomic mass is 35.5. The molecular formula is C16H23ClN2OS. The molecule has 0 bridgehead atoms. The van der Waals surface area contributed by atoms with Gasteiger partial charge in [0.05, 0.1) is 16.3 Å². The molecule has 1 aliphatic carbocycles. The lowest BCUT2D eigenvalue weighted by atomic mass is 9.73. The summed E-state index contributed by atoms with van der Waals surface area (Å²) in [6, 6.07) is 3.85. The van der Waals surface area contributed by atoms with Crippen molar-refractivity contribution in [1.29, 1.82) is 0 Å². The van der Waals surface area contributed by atoms with Crippen molar-refractivity contribution in [2.45, 2.75) is 38.6 Å². The number of carbonyl (C=O) groups is 1. The minimum atomic E-state index is -0.373. The van der Waals surface area contributed by atoms with Gasteiger partial charge in [-0.1, -0.05) is 36.9 Å². The van der Waals surface area contributed by atoms with Crippen LogP contribution >= 0.6 is 22.9 Å². The normalized spacial score (nSPS) is 17.4. The van der Waals surface area contributed by atoms with Crippen molar-refractivity contribution in [3.05, 3.63) is 34.0 Å². The molecule has 1 heterocycles. The summed E-state index contributed by atoms with van der Waals surface area (Å²) in [5.41, 5.74) is 5.61. The van der Waals surface area contributed by atoms with E-state index in [2.05, 4.69) is 6.58 Å². The summed E-state index contributed by atoms with van der Waals surface area (Å²) in [7, 11) is 0. The number of hydrogen-bond donors (Lipinski definition) is 1. The van der Waals surface area contributed by atoms with Crippen LogP contribution in [0.3, 0.4) is 0 Å². The van der Waals surface area contributed by atoms with Gasteiger partial charge in [-0.05, 0) is 25.0 Å². The van der Waals surface area contributed by atoms with Crippen LogP contribution in [0.5, 0.6) is 0 Å². The van der Waals surface area contributed by atoms with Gasteiger partial charge in [-0.15, -0.1) is 17.9 Å². The maximum absolute atomic E-state index is 13.0. The van der Waals surface area contributed by atoms with E-state index >= 15 is 0 Å². The first-order chi connectivity index (χ1) is 10.1. The molecule has 0 aliphatic heterocycles. The number of hydrogen-bond acceptors (Lipinski definition) is 3. The maximum Gasteiger partial charge on any atom is 0.230 e. The van der Waals surface area contributed by atoms with Gasteiger partial charge in [0.15, 0.2) is 0 Å². The van der Waals surface area contributed by atoms with E-state index in [-0.39, 0.29) is 11.3 Å². The smallest absolute Gasteiger partial charge is 0.230 e. The van der Waals surface area contributed by atoms with Gasteiger partial charge in [-0.3, -0.25) is 4.79 Å². The second-order valence-electron chi connectivity index (χ2n) is 5.73. The highest BCUT2D eigenvalue weighted by Crippen LogP contribution is 2.37. The third-order valence-electron chi connectivity index (χ3n) is 4.27. The second-order valence-corrected chi connectivity index (χ2v) is 7.52. The highest BCUT2D eigenvalue weighted by molar-refractivity contribution is 7.16. The summed E-state index contributed by atoms with van der Waals surface area (Å²) >= 11 is 7.50. The van der Waals surface area contributed by atoms with Gasteiger partial charge in [0.25, 0.3) is 0 Å². The summed E-state index contributed by atoms with van der Waals surface area (Å²) < 4.78 is 0.752. The lowest BCUT2D eigenvalue weighted by Crippen LogP contribution is -2.48. The predicted octanol–water partition coefficient (Wildman–Crippen LogP) is 3.83. The van der Waals surface area contributed by atoms with Crippen molar-refractivity contribution >= 4 is 28.8 Å². The Morgan fingerprint density at radius 2 is 2.14 bits per heavy atom. The standard InChI is InChI=1S/C16H23ClN2OS/c1-2-10-19(11-13-6-7-14(17)21-13)15(20)16(12-18)8-4-3-5-9-16/h2,6-7H,1,3-5,8-12,18H2. The molecule has 0 atom stereocenters. The van der Waals surface area contributed by atoms with Crippen LogP contribution in [-0.4, -0.2) is 23.9 Å². The van der Waals surface area contributed by atoms with Crippen molar-refractivity contribution in [3.8, 4) is 0 Å². The molecule has 21 heavy (non-hydrogen) atoms. The first kappa shape index (κ1) is 16.5. The topological polar surface area (TPSA) is 46.3 Å². The fourth-order valence-corrected chi connectivity index (χ4v) is 4.17. The van der Waals surface area contributed by atoms with E-state index < -0.39 is 0 Å². The molecule has 0 saturated heterocycles. The molecule has 1 aliphatic rings. The molecule has 2 rings (SSSR count). The molecule has 5 heteroatoms. The molecule has 1 fully saturated rings. The van der Waals surface area contributed by atoms with Gasteiger partial charge < -0.3 is 10.6 Å². The molecule has 0 spiro atoms. The zero-order chi connectivity index (χ0) is 15.3. The number of amides is 1. The second kappa shape index (κ2) is 7.43. The quantitative estimate of drug-likeness (QED) is 0.808. The number of thiophene rings is 1. The van der Waals surface area contributed by atoms with Crippen molar-refractivity contribution in [2.75, 3.05) is 13.1 Å². The van der Waals surface area contributed by atoms with E-state index in [4.69, 9.17) is 17.3 Å². The maximum atomic E-state index is 13.0. The van der Waals surface area contributed by atoms with Crippen LogP contribution in [0.1, 0.15) is 37.0 Å². The summed E-state index contributed by atoms with van der Waals surface area (Å²) in [6.45, 7) is 5.35. The Balaban J connectivity index is 2.15. The Bertz CT molecular complexity index is 494. The molecule has 1 aromatic rings. The Kier molecular flexibility index (Phi) is 5.85. The summed E-state index contributed by atoms with van der Waals surface area (Å²) in [4.78, 5) is 16.0. The molecule has 1 saturated carbocycles. The summed E-state index contributed by atoms with van der Waals surface area (Å²) in [5.74, 6) is 0.175. The van der Waals surface area contributed by atoms with Crippen molar-refractivity contribution < 1.29 is 4.79 Å². The number of nitrogens with two attached hydrogens (primary N) is 1. The van der Waals surface area contributed by atoms with E-state index in [0.29, 0.717) is 19.6 Å². The third-order valence-corrected chi connectivity index (χ3v) is 5.48. The molecule has 3 nitrogen and oxygen atoms in total. The molecule has 0 radical (unpaired) electrons. The number of halogens is 1. The number of carbonyl (C=O) groups excluding carboxylic acids is 1. The van der Waals surface area contributed by atoms with Crippen LogP contribution in [-0.2, 0) is 11.3 Å². The van der Waals surface area contributed by atoms with Crippen LogP contribution in [0, 0.1) is 5.41 Å². The average molecular weight is 327 g/mol. The summed E-state index contributed by atoms with van der Waals surface area (Å²) in [5, 5.41) is 0. The fourth-order valence-electron chi connectivity index (χ4n) is 3.07. The molecule has 0 aromatic carbocycles. The SMILES string of the molecule is C=CCN(Cc1ccc(Cl)s1)C(=O)C1(CN)CCCCC1. The Morgan fingerprint density at radius 3 is 2.67 bits per heavy atom. The zero-order valence-electron chi connectivity index (χ0n) is 12.3. The lowest BCUT2D eigenvalue weighted by Gasteiger charge is -2.38. The van der Waals surface area contributed by atoms with Crippen molar-refractivity contribution in [3.63, 3.8) is 0 Å². The van der Waals surface area contributed by atoms with Gasteiger partial charge >= 0.3 is 0 Å². The van der Waals surface area contributed by atoms with E-state index in [1.807, 2.05) is 17.0 Å². The van der Waals surface area contributed by atoms with Crippen LogP contribution < -0.4 is 5.73 Å². The van der Waals surface area contributed by atoms with Gasteiger partial charge in [0.1, 0.15) is 0 Å². The van der Waals surface area contributed by atoms with E-state index in [1.165, 1.54) is 17.8 Å².